The van der Waals surface area contributed by atoms with E-state index in [1.807, 2.05) is 6.07 Å². The summed E-state index contributed by atoms with van der Waals surface area (Å²) >= 11 is 0. The first-order valence-electron chi connectivity index (χ1n) is 12.6. The zero-order chi connectivity index (χ0) is 27.4. The standard InChI is InChI=1S/C25H36N4O7S2/c1-27-37(31,32)23-6-3-5-22(13-23)35-18-21(30)16-28-20-14-25(36-17-20)8-10-29(11-9-25)38(33,34)24-7-2-4-19(12-24)15-26/h2-7,12-13,20-21,27-28,30H,8-11,14-18,26H2,1H3/t20?,21-/m0/s1. The summed E-state index contributed by atoms with van der Waals surface area (Å²) in [5, 5.41) is 13.7. The average Bonchev–Trinajstić information content (AvgIpc) is 3.33. The third-order valence-electron chi connectivity index (χ3n) is 7.08. The molecule has 210 valence electrons. The van der Waals surface area contributed by atoms with Crippen molar-refractivity contribution in [3.8, 4) is 5.75 Å². The molecule has 1 unspecified atom stereocenters. The summed E-state index contributed by atoms with van der Waals surface area (Å²) in [6.45, 7) is 1.78. The van der Waals surface area contributed by atoms with Crippen LogP contribution in [0.3, 0.4) is 0 Å². The summed E-state index contributed by atoms with van der Waals surface area (Å²) in [6.07, 6.45) is 1.10. The van der Waals surface area contributed by atoms with Crippen LogP contribution in [0.5, 0.6) is 5.75 Å². The molecule has 13 heteroatoms. The first-order valence-corrected chi connectivity index (χ1v) is 15.5. The SMILES string of the molecule is CNS(=O)(=O)c1cccc(OC[C@@H](O)CNC2COC3(CCN(S(=O)(=O)c4cccc(CN)c4)CC3)C2)c1. The Labute approximate surface area is 224 Å². The van der Waals surface area contributed by atoms with Gasteiger partial charge in [-0.3, -0.25) is 0 Å². The summed E-state index contributed by atoms with van der Waals surface area (Å²) in [4.78, 5) is 0.344. The van der Waals surface area contributed by atoms with Crippen LogP contribution in [0.15, 0.2) is 58.3 Å². The maximum Gasteiger partial charge on any atom is 0.243 e. The van der Waals surface area contributed by atoms with Gasteiger partial charge in [-0.2, -0.15) is 4.31 Å². The molecule has 2 aromatic rings. The minimum Gasteiger partial charge on any atom is -0.491 e. The summed E-state index contributed by atoms with van der Waals surface area (Å²) < 4.78 is 65.6. The number of piperidine rings is 1. The molecule has 2 heterocycles. The van der Waals surface area contributed by atoms with Crippen LogP contribution in [-0.4, -0.2) is 83.9 Å². The number of aliphatic hydroxyl groups excluding tert-OH is 1. The van der Waals surface area contributed by atoms with Crippen molar-refractivity contribution in [2.45, 2.75) is 53.3 Å². The fraction of sp³-hybridized carbons (Fsp3) is 0.520. The van der Waals surface area contributed by atoms with Gasteiger partial charge in [-0.15, -0.1) is 0 Å². The molecule has 2 atom stereocenters. The third kappa shape index (κ3) is 6.72. The normalized spacial score (nSPS) is 21.0. The fourth-order valence-corrected chi connectivity index (χ4v) is 7.12. The Morgan fingerprint density at radius 1 is 1.13 bits per heavy atom. The maximum atomic E-state index is 13.1. The van der Waals surface area contributed by atoms with Crippen molar-refractivity contribution in [1.82, 2.24) is 14.3 Å². The van der Waals surface area contributed by atoms with E-state index in [1.165, 1.54) is 23.5 Å². The van der Waals surface area contributed by atoms with Gasteiger partial charge in [0.2, 0.25) is 20.0 Å². The molecule has 1 spiro atoms. The van der Waals surface area contributed by atoms with Crippen molar-refractivity contribution in [3.05, 3.63) is 54.1 Å². The second kappa shape index (κ2) is 12.0. The van der Waals surface area contributed by atoms with E-state index in [2.05, 4.69) is 10.0 Å². The van der Waals surface area contributed by atoms with E-state index in [9.17, 15) is 21.9 Å². The van der Waals surface area contributed by atoms with Crippen LogP contribution < -0.4 is 20.5 Å². The number of aliphatic hydroxyl groups is 1. The fourth-order valence-electron chi connectivity index (χ4n) is 4.84. The average molecular weight is 569 g/mol. The molecule has 2 saturated heterocycles. The van der Waals surface area contributed by atoms with E-state index >= 15 is 0 Å². The predicted octanol–water partition coefficient (Wildman–Crippen LogP) is 0.395. The van der Waals surface area contributed by atoms with E-state index < -0.39 is 26.2 Å². The molecule has 0 aromatic heterocycles. The highest BCUT2D eigenvalue weighted by atomic mass is 32.2. The molecule has 0 radical (unpaired) electrons. The van der Waals surface area contributed by atoms with Crippen LogP contribution in [-0.2, 0) is 31.3 Å². The number of nitrogens with one attached hydrogen (secondary N) is 2. The molecule has 2 fully saturated rings. The molecular formula is C25H36N4O7S2. The van der Waals surface area contributed by atoms with Crippen molar-refractivity contribution in [3.63, 3.8) is 0 Å². The monoisotopic (exact) mass is 568 g/mol. The van der Waals surface area contributed by atoms with Gasteiger partial charge >= 0.3 is 0 Å². The smallest absolute Gasteiger partial charge is 0.243 e. The van der Waals surface area contributed by atoms with Crippen molar-refractivity contribution in [2.24, 2.45) is 5.73 Å². The molecule has 0 bridgehead atoms. The Hall–Kier alpha value is -2.10. The molecule has 11 nitrogen and oxygen atoms in total. The zero-order valence-electron chi connectivity index (χ0n) is 21.4. The number of hydrogen-bond donors (Lipinski definition) is 4. The molecule has 5 N–H and O–H groups in total. The predicted molar refractivity (Wildman–Crippen MR) is 142 cm³/mol. The van der Waals surface area contributed by atoms with Gasteiger partial charge in [0.05, 0.1) is 22.0 Å². The Morgan fingerprint density at radius 2 is 1.84 bits per heavy atom. The highest BCUT2D eigenvalue weighted by Gasteiger charge is 2.44. The summed E-state index contributed by atoms with van der Waals surface area (Å²) in [6, 6.07) is 12.8. The largest absolute Gasteiger partial charge is 0.491 e. The van der Waals surface area contributed by atoms with Gasteiger partial charge < -0.3 is 25.6 Å². The third-order valence-corrected chi connectivity index (χ3v) is 10.4. The number of hydrogen-bond acceptors (Lipinski definition) is 9. The Kier molecular flexibility index (Phi) is 9.10. The number of nitrogens with two attached hydrogens (primary N) is 1. The Bertz CT molecular complexity index is 1310. The van der Waals surface area contributed by atoms with Crippen LogP contribution in [0, 0.1) is 0 Å². The molecule has 2 aliphatic rings. The highest BCUT2D eigenvalue weighted by Crippen LogP contribution is 2.37. The zero-order valence-corrected chi connectivity index (χ0v) is 23.0. The molecule has 2 aliphatic heterocycles. The van der Waals surface area contributed by atoms with Crippen LogP contribution in [0.4, 0.5) is 0 Å². The summed E-state index contributed by atoms with van der Waals surface area (Å²) in [5.41, 5.74) is 6.06. The second-order valence-corrected chi connectivity index (χ2v) is 13.5. The van der Waals surface area contributed by atoms with Crippen molar-refractivity contribution in [1.29, 1.82) is 0 Å². The number of ether oxygens (including phenoxy) is 2. The number of nitrogens with zero attached hydrogens (tertiary/aromatic N) is 1. The molecular weight excluding hydrogens is 532 g/mol. The quantitative estimate of drug-likeness (QED) is 0.301. The number of benzene rings is 2. The van der Waals surface area contributed by atoms with E-state index in [0.717, 1.165) is 12.0 Å². The van der Waals surface area contributed by atoms with Gasteiger partial charge in [-0.05, 0) is 56.1 Å². The van der Waals surface area contributed by atoms with Crippen molar-refractivity contribution < 1.29 is 31.4 Å². The van der Waals surface area contributed by atoms with E-state index in [1.54, 1.807) is 30.3 Å². The molecule has 0 saturated carbocycles. The maximum absolute atomic E-state index is 13.1. The first-order chi connectivity index (χ1) is 18.1. The van der Waals surface area contributed by atoms with Crippen LogP contribution in [0.1, 0.15) is 24.8 Å². The van der Waals surface area contributed by atoms with Crippen molar-refractivity contribution >= 4 is 20.0 Å². The van der Waals surface area contributed by atoms with Gasteiger partial charge in [0.1, 0.15) is 18.5 Å². The van der Waals surface area contributed by atoms with Crippen LogP contribution >= 0.6 is 0 Å². The Morgan fingerprint density at radius 3 is 2.55 bits per heavy atom. The minimum atomic E-state index is -3.59. The van der Waals surface area contributed by atoms with Gasteiger partial charge in [0, 0.05) is 38.3 Å². The summed E-state index contributed by atoms with van der Waals surface area (Å²) in [5.74, 6) is 0.347. The molecule has 0 amide bonds. The van der Waals surface area contributed by atoms with Crippen LogP contribution in [0.25, 0.3) is 0 Å². The lowest BCUT2D eigenvalue weighted by Gasteiger charge is -2.38. The van der Waals surface area contributed by atoms with Gasteiger partial charge in [-0.25, -0.2) is 21.6 Å². The first kappa shape index (κ1) is 28.9. The lowest BCUT2D eigenvalue weighted by Crippen LogP contribution is -2.47. The summed E-state index contributed by atoms with van der Waals surface area (Å²) in [7, 11) is -5.84. The molecule has 0 aliphatic carbocycles. The molecule has 2 aromatic carbocycles. The number of sulfonamides is 2. The number of rotatable bonds is 11. The minimum absolute atomic E-state index is 0.00699. The Balaban J connectivity index is 1.23. The van der Waals surface area contributed by atoms with Crippen molar-refractivity contribution in [2.75, 3.05) is 39.9 Å². The van der Waals surface area contributed by atoms with Gasteiger partial charge in [0.25, 0.3) is 0 Å². The lowest BCUT2D eigenvalue weighted by molar-refractivity contribution is -0.0312. The highest BCUT2D eigenvalue weighted by molar-refractivity contribution is 7.89. The second-order valence-electron chi connectivity index (χ2n) is 9.71. The van der Waals surface area contributed by atoms with E-state index in [0.29, 0.717) is 38.3 Å². The lowest BCUT2D eigenvalue weighted by atomic mass is 9.88. The van der Waals surface area contributed by atoms with E-state index in [4.69, 9.17) is 15.2 Å². The van der Waals surface area contributed by atoms with Gasteiger partial charge in [0.15, 0.2) is 0 Å². The van der Waals surface area contributed by atoms with Crippen LogP contribution in [0.2, 0.25) is 0 Å². The molecule has 38 heavy (non-hydrogen) atoms. The topological polar surface area (TPSA) is 160 Å². The van der Waals surface area contributed by atoms with Gasteiger partial charge in [-0.1, -0.05) is 18.2 Å². The van der Waals surface area contributed by atoms with E-state index in [-0.39, 0.29) is 41.1 Å². The molecule has 4 rings (SSSR count).